The van der Waals surface area contributed by atoms with Crippen LogP contribution in [0.4, 0.5) is 4.39 Å². The smallest absolute Gasteiger partial charge is 0.191 e. The molecule has 0 aliphatic heterocycles. The summed E-state index contributed by atoms with van der Waals surface area (Å²) >= 11 is 0. The van der Waals surface area contributed by atoms with Crippen molar-refractivity contribution < 1.29 is 4.39 Å². The van der Waals surface area contributed by atoms with E-state index in [1.165, 1.54) is 17.7 Å². The van der Waals surface area contributed by atoms with Crippen LogP contribution in [0.3, 0.4) is 0 Å². The van der Waals surface area contributed by atoms with Crippen LogP contribution in [0.25, 0.3) is 0 Å². The second kappa shape index (κ2) is 11.8. The summed E-state index contributed by atoms with van der Waals surface area (Å²) in [4.78, 5) is 8.86. The molecule has 0 aliphatic rings. The van der Waals surface area contributed by atoms with Crippen LogP contribution < -0.4 is 10.6 Å². The first-order valence-electron chi connectivity index (χ1n) is 8.35. The van der Waals surface area contributed by atoms with Crippen molar-refractivity contribution in [3.63, 3.8) is 0 Å². The Hall–Kier alpha value is -1.70. The van der Waals surface area contributed by atoms with Gasteiger partial charge in [0.15, 0.2) is 5.96 Å². The average Bonchev–Trinajstić information content (AvgIpc) is 2.58. The maximum atomic E-state index is 12.9. The number of guanidine groups is 1. The van der Waals surface area contributed by atoms with Gasteiger partial charge >= 0.3 is 0 Å². The molecule has 0 aliphatic carbocycles. The summed E-state index contributed by atoms with van der Waals surface area (Å²) in [6.07, 6.45) is 3.60. The maximum absolute atomic E-state index is 12.9. The van der Waals surface area contributed by atoms with Gasteiger partial charge in [0, 0.05) is 31.5 Å². The van der Waals surface area contributed by atoms with Crippen molar-refractivity contribution in [1.82, 2.24) is 15.6 Å². The van der Waals surface area contributed by atoms with E-state index in [-0.39, 0.29) is 29.8 Å². The third-order valence-electron chi connectivity index (χ3n) is 3.61. The molecule has 0 spiro atoms. The van der Waals surface area contributed by atoms with Crippen LogP contribution in [0.5, 0.6) is 0 Å². The fourth-order valence-corrected chi connectivity index (χ4v) is 2.26. The molecule has 1 aromatic carbocycles. The van der Waals surface area contributed by atoms with E-state index >= 15 is 0 Å². The number of halogens is 2. The fraction of sp³-hybridized carbons (Fsp3) is 0.368. The van der Waals surface area contributed by atoms with Crippen molar-refractivity contribution in [1.29, 1.82) is 0 Å². The Bertz CT molecular complexity index is 641. The lowest BCUT2D eigenvalue weighted by atomic mass is 10.1. The van der Waals surface area contributed by atoms with E-state index < -0.39 is 0 Å². The monoisotopic (exact) mass is 456 g/mol. The highest BCUT2D eigenvalue weighted by molar-refractivity contribution is 14.0. The van der Waals surface area contributed by atoms with Gasteiger partial charge < -0.3 is 10.6 Å². The molecule has 0 amide bonds. The summed E-state index contributed by atoms with van der Waals surface area (Å²) in [5.41, 5.74) is 3.32. The van der Waals surface area contributed by atoms with Gasteiger partial charge in [0.05, 0.1) is 0 Å². The van der Waals surface area contributed by atoms with Crippen molar-refractivity contribution in [2.75, 3.05) is 19.6 Å². The molecule has 0 bridgehead atoms. The topological polar surface area (TPSA) is 49.3 Å². The summed E-state index contributed by atoms with van der Waals surface area (Å²) in [7, 11) is 0. The quantitative estimate of drug-likeness (QED) is 0.381. The number of hydrogen-bond acceptors (Lipinski definition) is 2. The third kappa shape index (κ3) is 8.29. The Morgan fingerprint density at radius 1 is 1.04 bits per heavy atom. The average molecular weight is 456 g/mol. The second-order valence-corrected chi connectivity index (χ2v) is 5.62. The molecule has 0 atom stereocenters. The first-order chi connectivity index (χ1) is 11.7. The predicted molar refractivity (Wildman–Crippen MR) is 112 cm³/mol. The molecule has 0 unspecified atom stereocenters. The largest absolute Gasteiger partial charge is 0.357 e. The van der Waals surface area contributed by atoms with Gasteiger partial charge in [-0.25, -0.2) is 4.39 Å². The van der Waals surface area contributed by atoms with Gasteiger partial charge in [-0.05, 0) is 56.0 Å². The highest BCUT2D eigenvalue weighted by atomic mass is 127. The first kappa shape index (κ1) is 21.3. The fourth-order valence-electron chi connectivity index (χ4n) is 2.26. The SMILES string of the molecule is CCNC(=NCCc1ccc(F)cc1)NCCc1ccc(C)nc1.I. The zero-order valence-electron chi connectivity index (χ0n) is 14.8. The lowest BCUT2D eigenvalue weighted by molar-refractivity contribution is 0.627. The molecule has 2 aromatic rings. The van der Waals surface area contributed by atoms with Crippen LogP contribution in [0, 0.1) is 12.7 Å². The summed E-state index contributed by atoms with van der Waals surface area (Å²) in [5.74, 6) is 0.600. The minimum Gasteiger partial charge on any atom is -0.357 e. The molecule has 1 aromatic heterocycles. The number of aryl methyl sites for hydroxylation is 1. The van der Waals surface area contributed by atoms with E-state index in [2.05, 4.69) is 26.7 Å². The molecule has 136 valence electrons. The van der Waals surface area contributed by atoms with Crippen LogP contribution in [0.2, 0.25) is 0 Å². The van der Waals surface area contributed by atoms with E-state index in [0.29, 0.717) is 6.54 Å². The Kier molecular flexibility index (Phi) is 10.1. The number of rotatable bonds is 7. The molecule has 0 saturated carbocycles. The highest BCUT2D eigenvalue weighted by Gasteiger charge is 1.99. The van der Waals surface area contributed by atoms with Gasteiger partial charge in [-0.3, -0.25) is 9.98 Å². The minimum atomic E-state index is -0.206. The van der Waals surface area contributed by atoms with E-state index in [4.69, 9.17) is 0 Å². The Morgan fingerprint density at radius 2 is 1.76 bits per heavy atom. The van der Waals surface area contributed by atoms with Gasteiger partial charge in [-0.1, -0.05) is 18.2 Å². The van der Waals surface area contributed by atoms with Crippen LogP contribution in [0.15, 0.2) is 47.6 Å². The zero-order valence-corrected chi connectivity index (χ0v) is 17.1. The summed E-state index contributed by atoms with van der Waals surface area (Å²) in [5, 5.41) is 6.57. The molecule has 2 N–H and O–H groups in total. The van der Waals surface area contributed by atoms with Gasteiger partial charge in [0.25, 0.3) is 0 Å². The van der Waals surface area contributed by atoms with Gasteiger partial charge in [0.1, 0.15) is 5.82 Å². The van der Waals surface area contributed by atoms with Gasteiger partial charge in [0.2, 0.25) is 0 Å². The lowest BCUT2D eigenvalue weighted by Crippen LogP contribution is -2.38. The molecular formula is C19H26FIN4. The standard InChI is InChI=1S/C19H25FN4.HI/c1-3-21-19(22-12-10-16-6-8-18(20)9-7-16)23-13-11-17-5-4-15(2)24-14-17;/h4-9,14H,3,10-13H2,1-2H3,(H2,21,22,23);1H. The molecule has 4 nitrogen and oxygen atoms in total. The van der Waals surface area contributed by atoms with E-state index in [1.54, 1.807) is 12.1 Å². The molecule has 6 heteroatoms. The summed E-state index contributed by atoms with van der Waals surface area (Å²) in [6.45, 7) is 6.30. The Balaban J connectivity index is 0.00000312. The number of pyridine rings is 1. The number of aromatic nitrogens is 1. The van der Waals surface area contributed by atoms with Gasteiger partial charge in [-0.15, -0.1) is 24.0 Å². The van der Waals surface area contributed by atoms with E-state index in [1.807, 2.05) is 26.1 Å². The molecular weight excluding hydrogens is 430 g/mol. The minimum absolute atomic E-state index is 0. The highest BCUT2D eigenvalue weighted by Crippen LogP contribution is 2.03. The number of nitrogens with one attached hydrogen (secondary N) is 2. The van der Waals surface area contributed by atoms with E-state index in [0.717, 1.165) is 43.1 Å². The molecule has 2 rings (SSSR count). The molecule has 25 heavy (non-hydrogen) atoms. The number of nitrogens with zero attached hydrogens (tertiary/aromatic N) is 2. The van der Waals surface area contributed by atoms with Gasteiger partial charge in [-0.2, -0.15) is 0 Å². The summed E-state index contributed by atoms with van der Waals surface area (Å²) in [6, 6.07) is 10.7. The number of benzene rings is 1. The molecule has 1 heterocycles. The second-order valence-electron chi connectivity index (χ2n) is 5.62. The van der Waals surface area contributed by atoms with Crippen molar-refractivity contribution in [3.05, 3.63) is 65.2 Å². The first-order valence-corrected chi connectivity index (χ1v) is 8.35. The summed E-state index contributed by atoms with van der Waals surface area (Å²) < 4.78 is 12.9. The Labute approximate surface area is 166 Å². The zero-order chi connectivity index (χ0) is 17.2. The van der Waals surface area contributed by atoms with Crippen LogP contribution in [0.1, 0.15) is 23.7 Å². The normalized spacial score (nSPS) is 10.9. The lowest BCUT2D eigenvalue weighted by Gasteiger charge is -2.11. The number of aliphatic imine (C=N–C) groups is 1. The molecule has 0 radical (unpaired) electrons. The van der Waals surface area contributed by atoms with E-state index in [9.17, 15) is 4.39 Å². The van der Waals surface area contributed by atoms with Crippen molar-refractivity contribution in [3.8, 4) is 0 Å². The third-order valence-corrected chi connectivity index (χ3v) is 3.61. The predicted octanol–water partition coefficient (Wildman–Crippen LogP) is 3.49. The van der Waals surface area contributed by atoms with Crippen molar-refractivity contribution in [2.45, 2.75) is 26.7 Å². The molecule has 0 fully saturated rings. The molecule has 0 saturated heterocycles. The van der Waals surface area contributed by atoms with Crippen molar-refractivity contribution >= 4 is 29.9 Å². The van der Waals surface area contributed by atoms with Crippen LogP contribution in [-0.4, -0.2) is 30.6 Å². The number of hydrogen-bond donors (Lipinski definition) is 2. The van der Waals surface area contributed by atoms with Crippen LogP contribution in [-0.2, 0) is 12.8 Å². The van der Waals surface area contributed by atoms with Crippen molar-refractivity contribution in [2.24, 2.45) is 4.99 Å². The maximum Gasteiger partial charge on any atom is 0.191 e. The van der Waals surface area contributed by atoms with Crippen LogP contribution >= 0.6 is 24.0 Å². The Morgan fingerprint density at radius 3 is 2.40 bits per heavy atom.